The van der Waals surface area contributed by atoms with Crippen molar-refractivity contribution in [3.63, 3.8) is 0 Å². The maximum Gasteiger partial charge on any atom is 0.176 e. The zero-order valence-corrected chi connectivity index (χ0v) is 8.19. The van der Waals surface area contributed by atoms with E-state index in [1.54, 1.807) is 6.26 Å². The van der Waals surface area contributed by atoms with Gasteiger partial charge in [-0.05, 0) is 19.1 Å². The summed E-state index contributed by atoms with van der Waals surface area (Å²) in [5.74, 6) is 1.46. The highest BCUT2D eigenvalue weighted by molar-refractivity contribution is 5.49. The maximum atomic E-state index is 9.12. The van der Waals surface area contributed by atoms with Crippen LogP contribution in [0.3, 0.4) is 0 Å². The van der Waals surface area contributed by atoms with Gasteiger partial charge in [-0.2, -0.15) is 0 Å². The Bertz CT molecular complexity index is 429. The zero-order valence-electron chi connectivity index (χ0n) is 8.19. The van der Waals surface area contributed by atoms with Crippen molar-refractivity contribution in [2.75, 3.05) is 0 Å². The second-order valence-corrected chi connectivity index (χ2v) is 3.16. The minimum atomic E-state index is -0.00393. The SMILES string of the molecule is Cc1nc(-c2ccco2)n(C)c1CO. The van der Waals surface area contributed by atoms with E-state index in [9.17, 15) is 0 Å². The molecular formula is C10H12N2O2. The number of hydrogen-bond donors (Lipinski definition) is 1. The second kappa shape index (κ2) is 3.31. The highest BCUT2D eigenvalue weighted by Crippen LogP contribution is 2.21. The third kappa shape index (κ3) is 1.24. The van der Waals surface area contributed by atoms with Gasteiger partial charge in [-0.1, -0.05) is 0 Å². The molecule has 0 amide bonds. The number of imidazole rings is 1. The third-order valence-corrected chi connectivity index (χ3v) is 2.31. The van der Waals surface area contributed by atoms with Crippen LogP contribution in [-0.2, 0) is 13.7 Å². The van der Waals surface area contributed by atoms with Crippen molar-refractivity contribution < 1.29 is 9.52 Å². The number of hydrogen-bond acceptors (Lipinski definition) is 3. The Labute approximate surface area is 81.8 Å². The first-order valence-electron chi connectivity index (χ1n) is 4.41. The van der Waals surface area contributed by atoms with Crippen molar-refractivity contribution in [3.05, 3.63) is 29.8 Å². The van der Waals surface area contributed by atoms with Crippen LogP contribution in [0.25, 0.3) is 11.6 Å². The fraction of sp³-hybridized carbons (Fsp3) is 0.300. The number of aromatic nitrogens is 2. The Balaban J connectivity index is 2.55. The first-order chi connectivity index (χ1) is 6.74. The molecule has 2 rings (SSSR count). The number of aryl methyl sites for hydroxylation is 1. The molecule has 0 bridgehead atoms. The van der Waals surface area contributed by atoms with Crippen molar-refractivity contribution in [2.24, 2.45) is 7.05 Å². The van der Waals surface area contributed by atoms with Gasteiger partial charge in [0.25, 0.3) is 0 Å². The summed E-state index contributed by atoms with van der Waals surface area (Å²) in [4.78, 5) is 4.33. The van der Waals surface area contributed by atoms with E-state index in [-0.39, 0.29) is 6.61 Å². The summed E-state index contributed by atoms with van der Waals surface area (Å²) in [6.07, 6.45) is 1.61. The molecule has 4 nitrogen and oxygen atoms in total. The molecule has 0 aromatic carbocycles. The molecule has 0 saturated heterocycles. The summed E-state index contributed by atoms with van der Waals surface area (Å²) in [5.41, 5.74) is 1.65. The minimum absolute atomic E-state index is 0.00393. The van der Waals surface area contributed by atoms with E-state index in [1.165, 1.54) is 0 Å². The van der Waals surface area contributed by atoms with Crippen LogP contribution in [0.4, 0.5) is 0 Å². The van der Waals surface area contributed by atoms with Gasteiger partial charge in [0.05, 0.1) is 24.3 Å². The molecule has 2 aromatic heterocycles. The molecule has 4 heteroatoms. The molecule has 2 aromatic rings. The number of furan rings is 1. The van der Waals surface area contributed by atoms with Crippen molar-refractivity contribution in [3.8, 4) is 11.6 Å². The summed E-state index contributed by atoms with van der Waals surface area (Å²) in [6, 6.07) is 3.67. The summed E-state index contributed by atoms with van der Waals surface area (Å²) < 4.78 is 7.09. The van der Waals surface area contributed by atoms with Crippen LogP contribution in [0.2, 0.25) is 0 Å². The monoisotopic (exact) mass is 192 g/mol. The topological polar surface area (TPSA) is 51.2 Å². The highest BCUT2D eigenvalue weighted by atomic mass is 16.3. The van der Waals surface area contributed by atoms with E-state index in [2.05, 4.69) is 4.98 Å². The molecule has 0 unspecified atom stereocenters. The van der Waals surface area contributed by atoms with Crippen molar-refractivity contribution in [1.82, 2.24) is 9.55 Å². The van der Waals surface area contributed by atoms with Gasteiger partial charge in [-0.15, -0.1) is 0 Å². The van der Waals surface area contributed by atoms with E-state index < -0.39 is 0 Å². The van der Waals surface area contributed by atoms with Gasteiger partial charge < -0.3 is 14.1 Å². The Morgan fingerprint density at radius 1 is 1.57 bits per heavy atom. The largest absolute Gasteiger partial charge is 0.461 e. The van der Waals surface area contributed by atoms with Gasteiger partial charge >= 0.3 is 0 Å². The fourth-order valence-corrected chi connectivity index (χ4v) is 1.52. The lowest BCUT2D eigenvalue weighted by Gasteiger charge is -2.00. The Kier molecular flexibility index (Phi) is 2.13. The van der Waals surface area contributed by atoms with Crippen LogP contribution in [0.15, 0.2) is 22.8 Å². The van der Waals surface area contributed by atoms with Gasteiger partial charge in [-0.3, -0.25) is 0 Å². The molecular weight excluding hydrogens is 180 g/mol. The summed E-state index contributed by atoms with van der Waals surface area (Å²) in [7, 11) is 1.86. The Hall–Kier alpha value is -1.55. The van der Waals surface area contributed by atoms with Crippen LogP contribution in [-0.4, -0.2) is 14.7 Å². The average Bonchev–Trinajstić information content (AvgIpc) is 2.74. The molecule has 0 atom stereocenters. The molecule has 74 valence electrons. The van der Waals surface area contributed by atoms with E-state index in [1.807, 2.05) is 30.7 Å². The lowest BCUT2D eigenvalue weighted by molar-refractivity contribution is 0.272. The van der Waals surface area contributed by atoms with Gasteiger partial charge in [0.2, 0.25) is 0 Å². The van der Waals surface area contributed by atoms with Crippen LogP contribution in [0.1, 0.15) is 11.4 Å². The first kappa shape index (κ1) is 9.02. The van der Waals surface area contributed by atoms with Gasteiger partial charge in [0, 0.05) is 7.05 Å². The second-order valence-electron chi connectivity index (χ2n) is 3.16. The van der Waals surface area contributed by atoms with Crippen LogP contribution in [0.5, 0.6) is 0 Å². The van der Waals surface area contributed by atoms with Crippen LogP contribution in [0, 0.1) is 6.92 Å². The van der Waals surface area contributed by atoms with E-state index in [0.717, 1.165) is 23.0 Å². The number of aliphatic hydroxyl groups excluding tert-OH is 1. The van der Waals surface area contributed by atoms with Crippen molar-refractivity contribution in [2.45, 2.75) is 13.5 Å². The fourth-order valence-electron chi connectivity index (χ4n) is 1.52. The molecule has 2 heterocycles. The van der Waals surface area contributed by atoms with E-state index in [0.29, 0.717) is 0 Å². The summed E-state index contributed by atoms with van der Waals surface area (Å²) >= 11 is 0. The standard InChI is InChI=1S/C10H12N2O2/c1-7-8(6-13)12(2)10(11-7)9-4-3-5-14-9/h3-5,13H,6H2,1-2H3. The molecule has 0 aliphatic heterocycles. The maximum absolute atomic E-state index is 9.12. The van der Waals surface area contributed by atoms with Gasteiger partial charge in [-0.25, -0.2) is 4.98 Å². The molecule has 0 aliphatic rings. The summed E-state index contributed by atoms with van der Waals surface area (Å²) in [5, 5.41) is 9.12. The third-order valence-electron chi connectivity index (χ3n) is 2.31. The van der Waals surface area contributed by atoms with Crippen LogP contribution >= 0.6 is 0 Å². The Morgan fingerprint density at radius 2 is 2.36 bits per heavy atom. The molecule has 0 aliphatic carbocycles. The van der Waals surface area contributed by atoms with Crippen molar-refractivity contribution >= 4 is 0 Å². The number of rotatable bonds is 2. The van der Waals surface area contributed by atoms with Gasteiger partial charge in [0.15, 0.2) is 11.6 Å². The minimum Gasteiger partial charge on any atom is -0.461 e. The Morgan fingerprint density at radius 3 is 2.86 bits per heavy atom. The normalized spacial score (nSPS) is 10.8. The van der Waals surface area contributed by atoms with E-state index in [4.69, 9.17) is 9.52 Å². The first-order valence-corrected chi connectivity index (χ1v) is 4.41. The predicted molar refractivity (Wildman–Crippen MR) is 51.6 cm³/mol. The smallest absolute Gasteiger partial charge is 0.176 e. The zero-order chi connectivity index (χ0) is 10.1. The van der Waals surface area contributed by atoms with E-state index >= 15 is 0 Å². The number of nitrogens with zero attached hydrogens (tertiary/aromatic N) is 2. The molecule has 0 fully saturated rings. The number of aliphatic hydroxyl groups is 1. The highest BCUT2D eigenvalue weighted by Gasteiger charge is 2.13. The predicted octanol–water partition coefficient (Wildman–Crippen LogP) is 1.48. The molecule has 0 saturated carbocycles. The molecule has 1 N–H and O–H groups in total. The molecule has 0 radical (unpaired) electrons. The lowest BCUT2D eigenvalue weighted by atomic mass is 10.4. The lowest BCUT2D eigenvalue weighted by Crippen LogP contribution is -1.98. The molecule has 0 spiro atoms. The van der Waals surface area contributed by atoms with Crippen LogP contribution < -0.4 is 0 Å². The average molecular weight is 192 g/mol. The summed E-state index contributed by atoms with van der Waals surface area (Å²) in [6.45, 7) is 1.87. The van der Waals surface area contributed by atoms with Crippen molar-refractivity contribution in [1.29, 1.82) is 0 Å². The quantitative estimate of drug-likeness (QED) is 0.784. The molecule has 14 heavy (non-hydrogen) atoms. The van der Waals surface area contributed by atoms with Gasteiger partial charge in [0.1, 0.15) is 0 Å².